The minimum Gasteiger partial charge on any atom is -0.460 e. The molecule has 1 aliphatic heterocycles. The predicted molar refractivity (Wildman–Crippen MR) is 111 cm³/mol. The van der Waals surface area contributed by atoms with Crippen LogP contribution in [0.2, 0.25) is 25.7 Å². The number of unbranched alkanes of at least 4 members (excludes halogenated alkanes) is 2. The summed E-state index contributed by atoms with van der Waals surface area (Å²) in [6.07, 6.45) is 3.70. The second-order valence-electron chi connectivity index (χ2n) is 9.20. The minimum absolute atomic E-state index is 0.225. The Morgan fingerprint density at radius 1 is 1.30 bits per heavy atom. The largest absolute Gasteiger partial charge is 0.460 e. The Bertz CT molecular complexity index is 618. The maximum absolute atomic E-state index is 12.5. The standard InChI is InChI=1S/C21H37NO4Si/c1-16(2)19-14-26-21(24)20-18(19)13-17(9-7-6-8-10-23)22(20)15-25-11-12-27(3,4)5/h13,16,19,23H,6-12,14-15H2,1-5H3/t19-/m1/s1. The van der Waals surface area contributed by atoms with Crippen molar-refractivity contribution < 1.29 is 19.4 Å². The van der Waals surface area contributed by atoms with Crippen molar-refractivity contribution in [2.24, 2.45) is 5.92 Å². The molecule has 1 aromatic heterocycles. The van der Waals surface area contributed by atoms with Crippen molar-refractivity contribution in [1.82, 2.24) is 4.57 Å². The summed E-state index contributed by atoms with van der Waals surface area (Å²) < 4.78 is 13.5. The molecule has 0 aliphatic carbocycles. The Hall–Kier alpha value is -1.11. The SMILES string of the molecule is CC(C)[C@H]1COC(=O)c2c1cc(CCCCCO)n2COCC[Si](C)(C)C. The van der Waals surface area contributed by atoms with Crippen molar-refractivity contribution in [2.75, 3.05) is 19.8 Å². The van der Waals surface area contributed by atoms with E-state index in [2.05, 4.69) is 39.6 Å². The number of rotatable bonds is 11. The van der Waals surface area contributed by atoms with Gasteiger partial charge in [-0.15, -0.1) is 0 Å². The number of carbonyl (C=O) groups excluding carboxylic acids is 1. The molecular weight excluding hydrogens is 358 g/mol. The number of aliphatic hydroxyl groups is 1. The summed E-state index contributed by atoms with van der Waals surface area (Å²) in [5.41, 5.74) is 2.95. The van der Waals surface area contributed by atoms with Crippen LogP contribution in [0.4, 0.5) is 0 Å². The molecular formula is C21H37NO4Si. The molecule has 2 rings (SSSR count). The fourth-order valence-corrected chi connectivity index (χ4v) is 4.25. The highest BCUT2D eigenvalue weighted by molar-refractivity contribution is 6.76. The van der Waals surface area contributed by atoms with Crippen molar-refractivity contribution in [2.45, 2.75) is 77.9 Å². The first kappa shape index (κ1) is 22.2. The molecule has 0 saturated heterocycles. The minimum atomic E-state index is -1.14. The average Bonchev–Trinajstić information content (AvgIpc) is 2.94. The van der Waals surface area contributed by atoms with Crippen LogP contribution in [0.15, 0.2) is 6.07 Å². The molecule has 1 aromatic rings. The van der Waals surface area contributed by atoms with Crippen LogP contribution in [-0.4, -0.2) is 43.5 Å². The van der Waals surface area contributed by atoms with Crippen LogP contribution >= 0.6 is 0 Å². The van der Waals surface area contributed by atoms with E-state index in [0.717, 1.165) is 49.6 Å². The zero-order valence-electron chi connectivity index (χ0n) is 17.7. The van der Waals surface area contributed by atoms with Gasteiger partial charge in [0.25, 0.3) is 0 Å². The average molecular weight is 396 g/mol. The highest BCUT2D eigenvalue weighted by atomic mass is 28.3. The third-order valence-corrected chi connectivity index (χ3v) is 7.02. The molecule has 2 heterocycles. The van der Waals surface area contributed by atoms with Crippen LogP contribution in [-0.2, 0) is 22.6 Å². The van der Waals surface area contributed by atoms with Gasteiger partial charge in [-0.25, -0.2) is 4.79 Å². The number of hydrogen-bond acceptors (Lipinski definition) is 4. The van der Waals surface area contributed by atoms with Crippen molar-refractivity contribution in [3.8, 4) is 0 Å². The molecule has 1 atom stereocenters. The van der Waals surface area contributed by atoms with Crippen molar-refractivity contribution >= 4 is 14.0 Å². The molecule has 0 spiro atoms. The molecule has 0 bridgehead atoms. The molecule has 5 nitrogen and oxygen atoms in total. The number of fused-ring (bicyclic) bond motifs is 1. The number of ether oxygens (including phenoxy) is 2. The second-order valence-corrected chi connectivity index (χ2v) is 14.8. The summed E-state index contributed by atoms with van der Waals surface area (Å²) in [6.45, 7) is 13.2. The number of aliphatic hydroxyl groups excluding tert-OH is 1. The number of aryl methyl sites for hydroxylation is 1. The fourth-order valence-electron chi connectivity index (χ4n) is 3.49. The molecule has 0 aromatic carbocycles. The number of carbonyl (C=O) groups is 1. The number of nitrogens with zero attached hydrogens (tertiary/aromatic N) is 1. The summed E-state index contributed by atoms with van der Waals surface area (Å²) in [6, 6.07) is 3.31. The molecule has 0 fully saturated rings. The van der Waals surface area contributed by atoms with Crippen molar-refractivity contribution in [1.29, 1.82) is 0 Å². The van der Waals surface area contributed by atoms with Gasteiger partial charge in [-0.05, 0) is 42.9 Å². The Balaban J connectivity index is 2.20. The third-order valence-electron chi connectivity index (χ3n) is 5.31. The molecule has 27 heavy (non-hydrogen) atoms. The first-order chi connectivity index (χ1) is 12.7. The Labute approximate surface area is 165 Å². The fraction of sp³-hybridized carbons (Fsp3) is 0.762. The summed E-state index contributed by atoms with van der Waals surface area (Å²) in [7, 11) is -1.14. The normalized spacial score (nSPS) is 17.3. The van der Waals surface area contributed by atoms with Gasteiger partial charge in [-0.1, -0.05) is 39.9 Å². The van der Waals surface area contributed by atoms with Gasteiger partial charge in [0, 0.05) is 32.9 Å². The number of hydrogen-bond donors (Lipinski definition) is 1. The van der Waals surface area contributed by atoms with Gasteiger partial charge >= 0.3 is 5.97 Å². The quantitative estimate of drug-likeness (QED) is 0.342. The molecule has 0 unspecified atom stereocenters. The summed E-state index contributed by atoms with van der Waals surface area (Å²) in [5.74, 6) is 0.442. The van der Waals surface area contributed by atoms with Gasteiger partial charge in [-0.2, -0.15) is 0 Å². The van der Waals surface area contributed by atoms with Crippen LogP contribution in [0.3, 0.4) is 0 Å². The van der Waals surface area contributed by atoms with Crippen LogP contribution in [0, 0.1) is 5.92 Å². The Morgan fingerprint density at radius 3 is 2.67 bits per heavy atom. The van der Waals surface area contributed by atoms with E-state index in [1.807, 2.05) is 4.57 Å². The number of esters is 1. The van der Waals surface area contributed by atoms with Crippen LogP contribution in [0.25, 0.3) is 0 Å². The van der Waals surface area contributed by atoms with Gasteiger partial charge in [-0.3, -0.25) is 0 Å². The monoisotopic (exact) mass is 395 g/mol. The maximum atomic E-state index is 12.5. The zero-order chi connectivity index (χ0) is 20.0. The van der Waals surface area contributed by atoms with Crippen LogP contribution < -0.4 is 0 Å². The van der Waals surface area contributed by atoms with Gasteiger partial charge in [0.15, 0.2) is 0 Å². The highest BCUT2D eigenvalue weighted by Gasteiger charge is 2.33. The lowest BCUT2D eigenvalue weighted by atomic mass is 9.87. The summed E-state index contributed by atoms with van der Waals surface area (Å²) in [5, 5.41) is 9.01. The van der Waals surface area contributed by atoms with Gasteiger partial charge in [0.1, 0.15) is 12.4 Å². The lowest BCUT2D eigenvalue weighted by molar-refractivity contribution is 0.0360. The van der Waals surface area contributed by atoms with E-state index >= 15 is 0 Å². The smallest absolute Gasteiger partial charge is 0.355 e. The topological polar surface area (TPSA) is 60.7 Å². The van der Waals surface area contributed by atoms with Crippen LogP contribution in [0.1, 0.15) is 60.8 Å². The van der Waals surface area contributed by atoms with E-state index in [4.69, 9.17) is 14.6 Å². The van der Waals surface area contributed by atoms with Crippen LogP contribution in [0.5, 0.6) is 0 Å². The summed E-state index contributed by atoms with van der Waals surface area (Å²) >= 11 is 0. The number of aromatic nitrogens is 1. The molecule has 0 amide bonds. The first-order valence-electron chi connectivity index (χ1n) is 10.3. The zero-order valence-corrected chi connectivity index (χ0v) is 18.7. The van der Waals surface area contributed by atoms with E-state index in [-0.39, 0.29) is 18.5 Å². The highest BCUT2D eigenvalue weighted by Crippen LogP contribution is 2.35. The molecule has 1 N–H and O–H groups in total. The molecule has 154 valence electrons. The molecule has 1 aliphatic rings. The summed E-state index contributed by atoms with van der Waals surface area (Å²) in [4.78, 5) is 12.5. The lowest BCUT2D eigenvalue weighted by Gasteiger charge is -2.26. The van der Waals surface area contributed by atoms with Gasteiger partial charge < -0.3 is 19.1 Å². The second kappa shape index (κ2) is 9.89. The predicted octanol–water partition coefficient (Wildman–Crippen LogP) is 4.42. The molecule has 0 saturated carbocycles. The first-order valence-corrected chi connectivity index (χ1v) is 14.0. The van der Waals surface area contributed by atoms with E-state index in [1.54, 1.807) is 0 Å². The third kappa shape index (κ3) is 6.19. The van der Waals surface area contributed by atoms with E-state index in [9.17, 15) is 4.79 Å². The molecule has 0 radical (unpaired) electrons. The van der Waals surface area contributed by atoms with E-state index in [1.165, 1.54) is 0 Å². The van der Waals surface area contributed by atoms with Crippen molar-refractivity contribution in [3.63, 3.8) is 0 Å². The van der Waals surface area contributed by atoms with Crippen molar-refractivity contribution in [3.05, 3.63) is 23.0 Å². The maximum Gasteiger partial charge on any atom is 0.355 e. The lowest BCUT2D eigenvalue weighted by Crippen LogP contribution is -2.28. The Kier molecular flexibility index (Phi) is 8.13. The van der Waals surface area contributed by atoms with E-state index < -0.39 is 8.07 Å². The molecule has 6 heteroatoms. The van der Waals surface area contributed by atoms with E-state index in [0.29, 0.717) is 24.9 Å². The Morgan fingerprint density at radius 2 is 2.04 bits per heavy atom. The number of cyclic esters (lactones) is 1. The van der Waals surface area contributed by atoms with Gasteiger partial charge in [0.2, 0.25) is 0 Å². The van der Waals surface area contributed by atoms with Gasteiger partial charge in [0.05, 0.1) is 6.61 Å².